The van der Waals surface area contributed by atoms with E-state index in [9.17, 15) is 4.79 Å². The smallest absolute Gasteiger partial charge is 0.269 e. The van der Waals surface area contributed by atoms with Gasteiger partial charge in [0.25, 0.3) is 5.91 Å². The van der Waals surface area contributed by atoms with E-state index >= 15 is 0 Å². The summed E-state index contributed by atoms with van der Waals surface area (Å²) in [4.78, 5) is 19.5. The lowest BCUT2D eigenvalue weighted by Gasteiger charge is -2.04. The van der Waals surface area contributed by atoms with Gasteiger partial charge in [-0.3, -0.25) is 9.48 Å². The van der Waals surface area contributed by atoms with Crippen molar-refractivity contribution in [2.24, 2.45) is 7.05 Å². The molecule has 6 heteroatoms. The van der Waals surface area contributed by atoms with E-state index in [0.717, 1.165) is 29.9 Å². The van der Waals surface area contributed by atoms with Gasteiger partial charge in [0.2, 0.25) is 0 Å². The highest BCUT2D eigenvalue weighted by molar-refractivity contribution is 5.93. The number of rotatable bonds is 6. The van der Waals surface area contributed by atoms with Crippen LogP contribution in [0.15, 0.2) is 48.8 Å². The summed E-state index contributed by atoms with van der Waals surface area (Å²) in [7, 11) is 1.78. The number of carbonyl (C=O) groups excluding carboxylic acids is 1. The standard InChI is InChI=1S/C17H19N5O/c1-22-15(12-14(21-22)13-6-3-2-4-7-13)17(23)20-9-5-8-16-18-10-11-19-16/h2-4,6-7,10-12H,5,8-9H2,1H3,(H,18,19)(H,20,23). The van der Waals surface area contributed by atoms with Crippen LogP contribution < -0.4 is 5.32 Å². The molecule has 0 bridgehead atoms. The van der Waals surface area contributed by atoms with Crippen molar-refractivity contribution < 1.29 is 4.79 Å². The van der Waals surface area contributed by atoms with E-state index in [-0.39, 0.29) is 5.91 Å². The van der Waals surface area contributed by atoms with Gasteiger partial charge in [0.05, 0.1) is 5.69 Å². The SMILES string of the molecule is Cn1nc(-c2ccccc2)cc1C(=O)NCCCc1ncc[nH]1. The van der Waals surface area contributed by atoms with Gasteiger partial charge < -0.3 is 10.3 Å². The summed E-state index contributed by atoms with van der Waals surface area (Å²) >= 11 is 0. The molecule has 0 fully saturated rings. The minimum atomic E-state index is -0.110. The first-order chi connectivity index (χ1) is 11.2. The second-order valence-corrected chi connectivity index (χ2v) is 5.30. The first-order valence-corrected chi connectivity index (χ1v) is 7.60. The van der Waals surface area contributed by atoms with Gasteiger partial charge in [0, 0.05) is 38.0 Å². The summed E-state index contributed by atoms with van der Waals surface area (Å²) in [6.07, 6.45) is 5.18. The zero-order chi connectivity index (χ0) is 16.1. The van der Waals surface area contributed by atoms with Crippen LogP contribution in [0.3, 0.4) is 0 Å². The van der Waals surface area contributed by atoms with Crippen molar-refractivity contribution in [1.82, 2.24) is 25.1 Å². The van der Waals surface area contributed by atoms with Crippen LogP contribution in [0.25, 0.3) is 11.3 Å². The van der Waals surface area contributed by atoms with Gasteiger partial charge in [-0.2, -0.15) is 5.10 Å². The number of hydrogen-bond donors (Lipinski definition) is 2. The molecule has 3 rings (SSSR count). The number of H-pyrrole nitrogens is 1. The van der Waals surface area contributed by atoms with E-state index in [4.69, 9.17) is 0 Å². The highest BCUT2D eigenvalue weighted by Crippen LogP contribution is 2.18. The van der Waals surface area contributed by atoms with E-state index in [0.29, 0.717) is 12.2 Å². The number of amides is 1. The van der Waals surface area contributed by atoms with E-state index in [1.165, 1.54) is 0 Å². The van der Waals surface area contributed by atoms with Crippen molar-refractivity contribution in [3.8, 4) is 11.3 Å². The molecule has 0 spiro atoms. The van der Waals surface area contributed by atoms with Crippen LogP contribution in [-0.4, -0.2) is 32.2 Å². The monoisotopic (exact) mass is 309 g/mol. The molecule has 0 saturated carbocycles. The van der Waals surface area contributed by atoms with Gasteiger partial charge in [-0.1, -0.05) is 30.3 Å². The molecular formula is C17H19N5O. The number of benzene rings is 1. The van der Waals surface area contributed by atoms with Crippen LogP contribution in [-0.2, 0) is 13.5 Å². The third kappa shape index (κ3) is 3.66. The lowest BCUT2D eigenvalue weighted by Crippen LogP contribution is -2.26. The van der Waals surface area contributed by atoms with Crippen LogP contribution in [0.2, 0.25) is 0 Å². The molecule has 2 aromatic heterocycles. The van der Waals surface area contributed by atoms with Crippen LogP contribution >= 0.6 is 0 Å². The van der Waals surface area contributed by atoms with Gasteiger partial charge in [-0.05, 0) is 12.5 Å². The molecule has 1 aromatic carbocycles. The summed E-state index contributed by atoms with van der Waals surface area (Å²) in [5.41, 5.74) is 2.36. The Morgan fingerprint density at radius 3 is 2.87 bits per heavy atom. The molecule has 6 nitrogen and oxygen atoms in total. The van der Waals surface area contributed by atoms with E-state index in [1.54, 1.807) is 24.1 Å². The predicted molar refractivity (Wildman–Crippen MR) is 87.9 cm³/mol. The number of aromatic nitrogens is 4. The molecule has 0 atom stereocenters. The third-order valence-electron chi connectivity index (χ3n) is 3.61. The average molecular weight is 309 g/mol. The minimum Gasteiger partial charge on any atom is -0.351 e. The molecule has 118 valence electrons. The van der Waals surface area contributed by atoms with Gasteiger partial charge in [-0.15, -0.1) is 0 Å². The molecule has 0 unspecified atom stereocenters. The zero-order valence-electron chi connectivity index (χ0n) is 13.0. The fourth-order valence-electron chi connectivity index (χ4n) is 2.41. The molecule has 0 aliphatic carbocycles. The zero-order valence-corrected chi connectivity index (χ0v) is 13.0. The minimum absolute atomic E-state index is 0.110. The number of aryl methyl sites for hydroxylation is 2. The summed E-state index contributed by atoms with van der Waals surface area (Å²) in [5.74, 6) is 0.827. The fraction of sp³-hybridized carbons (Fsp3) is 0.235. The second-order valence-electron chi connectivity index (χ2n) is 5.30. The molecule has 0 saturated heterocycles. The van der Waals surface area contributed by atoms with E-state index in [1.807, 2.05) is 36.4 Å². The molecule has 2 N–H and O–H groups in total. The quantitative estimate of drug-likeness (QED) is 0.685. The highest BCUT2D eigenvalue weighted by Gasteiger charge is 2.13. The van der Waals surface area contributed by atoms with Crippen LogP contribution in [0, 0.1) is 0 Å². The van der Waals surface area contributed by atoms with Crippen LogP contribution in [0.1, 0.15) is 22.7 Å². The summed E-state index contributed by atoms with van der Waals surface area (Å²) in [6, 6.07) is 11.6. The van der Waals surface area contributed by atoms with Crippen molar-refractivity contribution in [1.29, 1.82) is 0 Å². The largest absolute Gasteiger partial charge is 0.351 e. The van der Waals surface area contributed by atoms with Gasteiger partial charge >= 0.3 is 0 Å². The lowest BCUT2D eigenvalue weighted by atomic mass is 10.1. The number of carbonyl (C=O) groups is 1. The molecule has 2 heterocycles. The van der Waals surface area contributed by atoms with Gasteiger partial charge in [0.15, 0.2) is 0 Å². The first kappa shape index (κ1) is 15.0. The Balaban J connectivity index is 1.58. The van der Waals surface area contributed by atoms with Crippen molar-refractivity contribution in [3.63, 3.8) is 0 Å². The number of nitrogens with one attached hydrogen (secondary N) is 2. The molecule has 1 amide bonds. The number of nitrogens with zero attached hydrogens (tertiary/aromatic N) is 3. The maximum atomic E-state index is 12.3. The molecule has 0 radical (unpaired) electrons. The average Bonchev–Trinajstić information content (AvgIpc) is 3.22. The third-order valence-corrected chi connectivity index (χ3v) is 3.61. The summed E-state index contributed by atoms with van der Waals surface area (Å²) in [5, 5.41) is 7.34. The summed E-state index contributed by atoms with van der Waals surface area (Å²) in [6.45, 7) is 0.603. The Hall–Kier alpha value is -2.89. The van der Waals surface area contributed by atoms with Crippen molar-refractivity contribution in [2.45, 2.75) is 12.8 Å². The Bertz CT molecular complexity index is 762. The van der Waals surface area contributed by atoms with Crippen molar-refractivity contribution in [2.75, 3.05) is 6.54 Å². The molecule has 23 heavy (non-hydrogen) atoms. The second kappa shape index (κ2) is 6.91. The number of imidazole rings is 1. The Kier molecular flexibility index (Phi) is 4.52. The maximum Gasteiger partial charge on any atom is 0.269 e. The van der Waals surface area contributed by atoms with Crippen molar-refractivity contribution in [3.05, 3.63) is 60.3 Å². The number of hydrogen-bond acceptors (Lipinski definition) is 3. The molecule has 0 aliphatic heterocycles. The van der Waals surface area contributed by atoms with E-state index < -0.39 is 0 Å². The number of aromatic amines is 1. The highest BCUT2D eigenvalue weighted by atomic mass is 16.2. The van der Waals surface area contributed by atoms with Gasteiger partial charge in [-0.25, -0.2) is 4.98 Å². The van der Waals surface area contributed by atoms with Crippen LogP contribution in [0.5, 0.6) is 0 Å². The summed E-state index contributed by atoms with van der Waals surface area (Å²) < 4.78 is 1.62. The van der Waals surface area contributed by atoms with Crippen LogP contribution in [0.4, 0.5) is 0 Å². The molecule has 3 aromatic rings. The Morgan fingerprint density at radius 2 is 2.13 bits per heavy atom. The van der Waals surface area contributed by atoms with Gasteiger partial charge in [0.1, 0.15) is 11.5 Å². The topological polar surface area (TPSA) is 75.6 Å². The Labute approximate surface area is 134 Å². The normalized spacial score (nSPS) is 10.7. The first-order valence-electron chi connectivity index (χ1n) is 7.60. The maximum absolute atomic E-state index is 12.3. The Morgan fingerprint density at radius 1 is 1.30 bits per heavy atom. The van der Waals surface area contributed by atoms with Crippen molar-refractivity contribution >= 4 is 5.91 Å². The predicted octanol–water partition coefficient (Wildman–Crippen LogP) is 2.17. The fourth-order valence-corrected chi connectivity index (χ4v) is 2.41. The molecular weight excluding hydrogens is 290 g/mol. The lowest BCUT2D eigenvalue weighted by molar-refractivity contribution is 0.0943. The molecule has 0 aliphatic rings. The van der Waals surface area contributed by atoms with E-state index in [2.05, 4.69) is 20.4 Å².